The second-order valence-corrected chi connectivity index (χ2v) is 7.85. The van der Waals surface area contributed by atoms with Crippen molar-refractivity contribution in [3.8, 4) is 11.4 Å². The first-order valence-electron chi connectivity index (χ1n) is 9.55. The second-order valence-electron chi connectivity index (χ2n) is 6.91. The molecule has 146 valence electrons. The molecule has 0 spiro atoms. The number of benzene rings is 2. The van der Waals surface area contributed by atoms with Crippen molar-refractivity contribution >= 4 is 17.7 Å². The fourth-order valence-corrected chi connectivity index (χ4v) is 3.94. The van der Waals surface area contributed by atoms with E-state index in [0.717, 1.165) is 28.7 Å². The smallest absolute Gasteiger partial charge is 0.230 e. The summed E-state index contributed by atoms with van der Waals surface area (Å²) in [5.41, 5.74) is 2.15. The van der Waals surface area contributed by atoms with Crippen molar-refractivity contribution in [3.63, 3.8) is 0 Å². The van der Waals surface area contributed by atoms with Crippen LogP contribution in [0, 0.1) is 5.92 Å². The van der Waals surface area contributed by atoms with E-state index in [0.29, 0.717) is 11.7 Å². The highest BCUT2D eigenvalue weighted by molar-refractivity contribution is 7.99. The van der Waals surface area contributed by atoms with E-state index in [4.69, 9.17) is 0 Å². The zero-order valence-corrected chi connectivity index (χ0v) is 17.3. The van der Waals surface area contributed by atoms with Gasteiger partial charge in [-0.1, -0.05) is 86.3 Å². The van der Waals surface area contributed by atoms with Crippen LogP contribution in [-0.4, -0.2) is 26.4 Å². The average molecular weight is 395 g/mol. The summed E-state index contributed by atoms with van der Waals surface area (Å²) in [6.07, 6.45) is 0. The maximum Gasteiger partial charge on any atom is 0.230 e. The van der Waals surface area contributed by atoms with E-state index in [1.54, 1.807) is 0 Å². The molecule has 1 heterocycles. The van der Waals surface area contributed by atoms with Gasteiger partial charge in [-0.25, -0.2) is 0 Å². The molecule has 6 heteroatoms. The Morgan fingerprint density at radius 1 is 1.04 bits per heavy atom. The molecule has 1 N–H and O–H groups in total. The van der Waals surface area contributed by atoms with Gasteiger partial charge in [-0.05, 0) is 18.4 Å². The number of rotatable bonds is 8. The Balaban J connectivity index is 1.67. The van der Waals surface area contributed by atoms with Gasteiger partial charge in [0, 0.05) is 12.1 Å². The van der Waals surface area contributed by atoms with Crippen LogP contribution in [0.4, 0.5) is 0 Å². The van der Waals surface area contributed by atoms with E-state index < -0.39 is 0 Å². The molecule has 2 aromatic carbocycles. The summed E-state index contributed by atoms with van der Waals surface area (Å²) in [6, 6.07) is 20.1. The Labute approximate surface area is 170 Å². The standard InChI is InChI=1S/C22H26N4OS/c1-4-26-21(18-13-9-6-10-14-18)24-25-22(26)28-15-19(27)23-20(16(2)3)17-11-7-5-8-12-17/h5-14,16,20H,4,15H2,1-3H3,(H,23,27). The Morgan fingerprint density at radius 3 is 2.29 bits per heavy atom. The van der Waals surface area contributed by atoms with E-state index in [2.05, 4.69) is 48.4 Å². The van der Waals surface area contributed by atoms with Crippen LogP contribution in [0.15, 0.2) is 65.8 Å². The van der Waals surface area contributed by atoms with E-state index in [1.807, 2.05) is 53.1 Å². The molecule has 3 rings (SSSR count). The number of nitrogens with one attached hydrogen (secondary N) is 1. The lowest BCUT2D eigenvalue weighted by molar-refractivity contribution is -0.119. The van der Waals surface area contributed by atoms with Crippen molar-refractivity contribution in [2.45, 2.75) is 38.5 Å². The summed E-state index contributed by atoms with van der Waals surface area (Å²) < 4.78 is 2.05. The molecule has 0 saturated carbocycles. The second kappa shape index (κ2) is 9.55. The Hall–Kier alpha value is -2.60. The Kier molecular flexibility index (Phi) is 6.87. The highest BCUT2D eigenvalue weighted by Crippen LogP contribution is 2.25. The number of carbonyl (C=O) groups is 1. The summed E-state index contributed by atoms with van der Waals surface area (Å²) >= 11 is 1.42. The highest BCUT2D eigenvalue weighted by Gasteiger charge is 2.19. The van der Waals surface area contributed by atoms with Gasteiger partial charge in [-0.15, -0.1) is 10.2 Å². The lowest BCUT2D eigenvalue weighted by Gasteiger charge is -2.22. The summed E-state index contributed by atoms with van der Waals surface area (Å²) in [6.45, 7) is 7.04. The van der Waals surface area contributed by atoms with Gasteiger partial charge in [-0.3, -0.25) is 4.79 Å². The lowest BCUT2D eigenvalue weighted by atomic mass is 9.96. The number of carbonyl (C=O) groups excluding carboxylic acids is 1. The molecule has 0 radical (unpaired) electrons. The fourth-order valence-electron chi connectivity index (χ4n) is 3.12. The third kappa shape index (κ3) is 4.81. The fraction of sp³-hybridized carbons (Fsp3) is 0.318. The summed E-state index contributed by atoms with van der Waals surface area (Å²) in [5.74, 6) is 1.44. The number of thioether (sulfide) groups is 1. The molecule has 3 aromatic rings. The van der Waals surface area contributed by atoms with Gasteiger partial charge < -0.3 is 9.88 Å². The van der Waals surface area contributed by atoms with Crippen LogP contribution in [0.3, 0.4) is 0 Å². The van der Waals surface area contributed by atoms with Crippen LogP contribution in [0.1, 0.15) is 32.4 Å². The number of amides is 1. The van der Waals surface area contributed by atoms with Crippen LogP contribution in [-0.2, 0) is 11.3 Å². The molecule has 0 fully saturated rings. The maximum absolute atomic E-state index is 12.6. The maximum atomic E-state index is 12.6. The first-order chi connectivity index (χ1) is 13.6. The number of nitrogens with zero attached hydrogens (tertiary/aromatic N) is 3. The van der Waals surface area contributed by atoms with Crippen molar-refractivity contribution in [3.05, 3.63) is 66.2 Å². The molecule has 0 aliphatic rings. The minimum absolute atomic E-state index is 0.000493. The number of hydrogen-bond acceptors (Lipinski definition) is 4. The van der Waals surface area contributed by atoms with Crippen LogP contribution in [0.25, 0.3) is 11.4 Å². The van der Waals surface area contributed by atoms with Crippen molar-refractivity contribution < 1.29 is 4.79 Å². The largest absolute Gasteiger partial charge is 0.348 e. The molecule has 1 amide bonds. The van der Waals surface area contributed by atoms with E-state index in [1.165, 1.54) is 11.8 Å². The van der Waals surface area contributed by atoms with Gasteiger partial charge in [0.15, 0.2) is 11.0 Å². The normalized spacial score (nSPS) is 12.1. The summed E-state index contributed by atoms with van der Waals surface area (Å²) in [4.78, 5) is 12.6. The SMILES string of the molecule is CCn1c(SCC(=O)NC(c2ccccc2)C(C)C)nnc1-c1ccccc1. The van der Waals surface area contributed by atoms with E-state index in [9.17, 15) is 4.79 Å². The van der Waals surface area contributed by atoms with Gasteiger partial charge in [0.05, 0.1) is 11.8 Å². The van der Waals surface area contributed by atoms with Crippen LogP contribution in [0.5, 0.6) is 0 Å². The predicted octanol–water partition coefficient (Wildman–Crippen LogP) is 4.57. The predicted molar refractivity (Wildman–Crippen MR) is 114 cm³/mol. The van der Waals surface area contributed by atoms with E-state index >= 15 is 0 Å². The molecular weight excluding hydrogens is 368 g/mol. The van der Waals surface area contributed by atoms with Crippen molar-refractivity contribution in [2.24, 2.45) is 5.92 Å². The molecule has 0 saturated heterocycles. The lowest BCUT2D eigenvalue weighted by Crippen LogP contribution is -2.33. The Bertz CT molecular complexity index is 893. The van der Waals surface area contributed by atoms with Gasteiger partial charge in [0.25, 0.3) is 0 Å². The molecule has 1 aromatic heterocycles. The monoisotopic (exact) mass is 394 g/mol. The highest BCUT2D eigenvalue weighted by atomic mass is 32.2. The van der Waals surface area contributed by atoms with Gasteiger partial charge in [0.1, 0.15) is 0 Å². The van der Waals surface area contributed by atoms with Crippen LogP contribution >= 0.6 is 11.8 Å². The average Bonchev–Trinajstić information content (AvgIpc) is 3.14. The first kappa shape index (κ1) is 20.1. The zero-order valence-electron chi connectivity index (χ0n) is 16.5. The van der Waals surface area contributed by atoms with Crippen molar-refractivity contribution in [1.82, 2.24) is 20.1 Å². The zero-order chi connectivity index (χ0) is 19.9. The summed E-state index contributed by atoms with van der Waals surface area (Å²) in [7, 11) is 0. The minimum Gasteiger partial charge on any atom is -0.348 e. The molecule has 28 heavy (non-hydrogen) atoms. The molecule has 5 nitrogen and oxygen atoms in total. The number of hydrogen-bond donors (Lipinski definition) is 1. The van der Waals surface area contributed by atoms with Crippen molar-refractivity contribution in [1.29, 1.82) is 0 Å². The van der Waals surface area contributed by atoms with Crippen molar-refractivity contribution in [2.75, 3.05) is 5.75 Å². The molecule has 0 bridgehead atoms. The van der Waals surface area contributed by atoms with Crippen LogP contribution < -0.4 is 5.32 Å². The third-order valence-corrected chi connectivity index (χ3v) is 5.51. The number of aromatic nitrogens is 3. The molecule has 1 unspecified atom stereocenters. The summed E-state index contributed by atoms with van der Waals surface area (Å²) in [5, 5.41) is 12.6. The van der Waals surface area contributed by atoms with Gasteiger partial charge in [0.2, 0.25) is 5.91 Å². The molecular formula is C22H26N4OS. The molecule has 0 aliphatic carbocycles. The van der Waals surface area contributed by atoms with Gasteiger partial charge in [-0.2, -0.15) is 0 Å². The first-order valence-corrected chi connectivity index (χ1v) is 10.5. The Morgan fingerprint density at radius 2 is 1.68 bits per heavy atom. The minimum atomic E-state index is -0.00164. The third-order valence-electron chi connectivity index (χ3n) is 4.54. The van der Waals surface area contributed by atoms with E-state index in [-0.39, 0.29) is 11.9 Å². The quantitative estimate of drug-likeness (QED) is 0.569. The molecule has 0 aliphatic heterocycles. The van der Waals surface area contributed by atoms with Crippen LogP contribution in [0.2, 0.25) is 0 Å². The van der Waals surface area contributed by atoms with Gasteiger partial charge >= 0.3 is 0 Å². The topological polar surface area (TPSA) is 59.8 Å². The molecule has 1 atom stereocenters.